The minimum atomic E-state index is -0.891. The molecule has 3 aromatic carbocycles. The smallest absolute Gasteiger partial charge is 0.119 e. The SMILES string of the molecule is COc1ccc2c(c1)[C@]13CCCC[C@@H]1[C@H](C2)N(C)CC3.OC(CCCN1CCCCC1)(c1ccccc1)c1ccccc1. The van der Waals surface area contributed by atoms with E-state index in [9.17, 15) is 5.11 Å². The van der Waals surface area contributed by atoms with Gasteiger partial charge in [0.25, 0.3) is 0 Å². The molecule has 43 heavy (non-hydrogen) atoms. The van der Waals surface area contributed by atoms with E-state index in [1.165, 1.54) is 77.4 Å². The minimum absolute atomic E-state index is 0.456. The van der Waals surface area contributed by atoms with Crippen molar-refractivity contribution in [3.63, 3.8) is 0 Å². The number of likely N-dealkylation sites (tertiary alicyclic amines) is 2. The van der Waals surface area contributed by atoms with Crippen LogP contribution in [0.4, 0.5) is 0 Å². The molecule has 2 bridgehead atoms. The van der Waals surface area contributed by atoms with Crippen molar-refractivity contribution in [1.82, 2.24) is 9.80 Å². The summed E-state index contributed by atoms with van der Waals surface area (Å²) in [4.78, 5) is 5.17. The Kier molecular flexibility index (Phi) is 9.57. The third-order valence-electron chi connectivity index (χ3n) is 11.3. The fourth-order valence-corrected chi connectivity index (χ4v) is 8.93. The number of benzene rings is 3. The second-order valence-corrected chi connectivity index (χ2v) is 13.6. The Hall–Kier alpha value is -2.66. The van der Waals surface area contributed by atoms with Gasteiger partial charge in [0, 0.05) is 11.5 Å². The standard InChI is InChI=1S/C21H27NO.C18H25NO/c23-21(19-11-4-1-5-12-19,20-13-6-2-7-14-20)15-10-18-22-16-8-3-9-17-22;1-19-10-9-18-8-4-3-5-15(18)17(19)11-13-6-7-14(20-2)12-16(13)18/h1-2,4-7,11-14,23H,3,8-10,15-18H2;6-7,12,15,17H,3-5,8-11H2,1-2H3/t;15-,17+,18+/m.1/s1. The monoisotopic (exact) mass is 580 g/mol. The van der Waals surface area contributed by atoms with Gasteiger partial charge < -0.3 is 19.6 Å². The molecule has 3 fully saturated rings. The lowest BCUT2D eigenvalue weighted by Crippen LogP contribution is -2.59. The van der Waals surface area contributed by atoms with E-state index in [2.05, 4.69) is 35.0 Å². The van der Waals surface area contributed by atoms with E-state index >= 15 is 0 Å². The van der Waals surface area contributed by atoms with E-state index < -0.39 is 5.60 Å². The molecule has 2 saturated heterocycles. The van der Waals surface area contributed by atoms with Crippen LogP contribution < -0.4 is 4.74 Å². The van der Waals surface area contributed by atoms with Gasteiger partial charge in [0.1, 0.15) is 11.4 Å². The fourth-order valence-electron chi connectivity index (χ4n) is 8.93. The Morgan fingerprint density at radius 3 is 2.21 bits per heavy atom. The van der Waals surface area contributed by atoms with E-state index in [1.54, 1.807) is 18.2 Å². The first-order valence-electron chi connectivity index (χ1n) is 17.0. The topological polar surface area (TPSA) is 35.9 Å². The van der Waals surface area contributed by atoms with Crippen molar-refractivity contribution >= 4 is 0 Å². The van der Waals surface area contributed by atoms with Crippen LogP contribution >= 0.6 is 0 Å². The molecule has 0 unspecified atom stereocenters. The van der Waals surface area contributed by atoms with Crippen LogP contribution in [0.2, 0.25) is 0 Å². The van der Waals surface area contributed by atoms with Crippen LogP contribution in [0.25, 0.3) is 0 Å². The number of ether oxygens (including phenoxy) is 1. The molecule has 2 aliphatic carbocycles. The summed E-state index contributed by atoms with van der Waals surface area (Å²) in [6.45, 7) is 4.78. The number of likely N-dealkylation sites (N-methyl/N-ethyl adjacent to an activating group) is 1. The van der Waals surface area contributed by atoms with Crippen molar-refractivity contribution in [2.45, 2.75) is 87.7 Å². The first-order valence-corrected chi connectivity index (χ1v) is 17.0. The summed E-state index contributed by atoms with van der Waals surface area (Å²) in [7, 11) is 4.12. The average Bonchev–Trinajstić information content (AvgIpc) is 3.08. The summed E-state index contributed by atoms with van der Waals surface area (Å²) in [5, 5.41) is 11.5. The highest BCUT2D eigenvalue weighted by Crippen LogP contribution is 2.55. The number of methoxy groups -OCH3 is 1. The number of piperidine rings is 2. The number of aliphatic hydroxyl groups is 1. The summed E-state index contributed by atoms with van der Waals surface area (Å²) in [6, 6.07) is 27.8. The lowest BCUT2D eigenvalue weighted by Gasteiger charge is -2.58. The number of fused-ring (bicyclic) bond motifs is 1. The van der Waals surface area contributed by atoms with Gasteiger partial charge in [-0.05, 0) is 125 Å². The maximum absolute atomic E-state index is 11.5. The van der Waals surface area contributed by atoms with Crippen molar-refractivity contribution in [1.29, 1.82) is 0 Å². The highest BCUT2D eigenvalue weighted by Gasteiger charge is 2.53. The molecular formula is C39H52N2O2. The molecule has 4 aliphatic rings. The van der Waals surface area contributed by atoms with Crippen molar-refractivity contribution in [3.05, 3.63) is 101 Å². The predicted octanol–water partition coefficient (Wildman–Crippen LogP) is 7.57. The van der Waals surface area contributed by atoms with Gasteiger partial charge >= 0.3 is 0 Å². The van der Waals surface area contributed by atoms with Gasteiger partial charge in [-0.2, -0.15) is 0 Å². The molecule has 3 atom stereocenters. The Morgan fingerprint density at radius 1 is 0.837 bits per heavy atom. The van der Waals surface area contributed by atoms with E-state index in [-0.39, 0.29) is 0 Å². The summed E-state index contributed by atoms with van der Waals surface area (Å²) in [6.07, 6.45) is 14.0. The minimum Gasteiger partial charge on any atom is -0.497 e. The summed E-state index contributed by atoms with van der Waals surface area (Å²) in [5.74, 6) is 1.91. The first-order chi connectivity index (χ1) is 21.0. The van der Waals surface area contributed by atoms with E-state index in [0.717, 1.165) is 48.2 Å². The van der Waals surface area contributed by atoms with Gasteiger partial charge in [0.15, 0.2) is 0 Å². The molecular weight excluding hydrogens is 528 g/mol. The van der Waals surface area contributed by atoms with Crippen LogP contribution in [0.3, 0.4) is 0 Å². The Balaban J connectivity index is 0.000000154. The number of hydrogen-bond acceptors (Lipinski definition) is 4. The van der Waals surface area contributed by atoms with Crippen LogP contribution in [-0.2, 0) is 17.4 Å². The molecule has 230 valence electrons. The first kappa shape index (κ1) is 30.4. The van der Waals surface area contributed by atoms with Crippen LogP contribution in [0, 0.1) is 5.92 Å². The number of rotatable bonds is 7. The highest BCUT2D eigenvalue weighted by molar-refractivity contribution is 5.45. The predicted molar refractivity (Wildman–Crippen MR) is 177 cm³/mol. The molecule has 0 aromatic heterocycles. The zero-order valence-corrected chi connectivity index (χ0v) is 26.5. The lowest BCUT2D eigenvalue weighted by atomic mass is 9.52. The molecule has 2 heterocycles. The van der Waals surface area contributed by atoms with Crippen molar-refractivity contribution < 1.29 is 9.84 Å². The lowest BCUT2D eigenvalue weighted by molar-refractivity contribution is 0.00274. The highest BCUT2D eigenvalue weighted by atomic mass is 16.5. The Bertz CT molecular complexity index is 1270. The zero-order valence-electron chi connectivity index (χ0n) is 26.5. The summed E-state index contributed by atoms with van der Waals surface area (Å²) < 4.78 is 5.51. The molecule has 4 heteroatoms. The normalized spacial score (nSPS) is 25.6. The zero-order chi connectivity index (χ0) is 29.7. The molecule has 7 rings (SSSR count). The maximum Gasteiger partial charge on any atom is 0.119 e. The fraction of sp³-hybridized carbons (Fsp3) is 0.538. The van der Waals surface area contributed by atoms with Crippen molar-refractivity contribution in [3.8, 4) is 5.75 Å². The van der Waals surface area contributed by atoms with Gasteiger partial charge in [0.05, 0.1) is 7.11 Å². The van der Waals surface area contributed by atoms with E-state index in [4.69, 9.17) is 4.74 Å². The summed E-state index contributed by atoms with van der Waals surface area (Å²) >= 11 is 0. The Labute approximate surface area is 260 Å². The van der Waals surface area contributed by atoms with Crippen LogP contribution in [-0.4, -0.2) is 61.3 Å². The van der Waals surface area contributed by atoms with Crippen molar-refractivity contribution in [2.75, 3.05) is 40.3 Å². The third kappa shape index (κ3) is 6.30. The molecule has 4 nitrogen and oxygen atoms in total. The van der Waals surface area contributed by atoms with E-state index in [1.807, 2.05) is 60.7 Å². The quantitative estimate of drug-likeness (QED) is 0.313. The van der Waals surface area contributed by atoms with Crippen molar-refractivity contribution in [2.24, 2.45) is 5.92 Å². The number of nitrogens with zero attached hydrogens (tertiary/aromatic N) is 2. The molecule has 1 N–H and O–H groups in total. The van der Waals surface area contributed by atoms with Crippen LogP contribution in [0.5, 0.6) is 5.75 Å². The Morgan fingerprint density at radius 2 is 1.53 bits per heavy atom. The van der Waals surface area contributed by atoms with Crippen LogP contribution in [0.1, 0.15) is 86.5 Å². The van der Waals surface area contributed by atoms with Gasteiger partial charge in [0.2, 0.25) is 0 Å². The average molecular weight is 581 g/mol. The second-order valence-electron chi connectivity index (χ2n) is 13.6. The van der Waals surface area contributed by atoms with Gasteiger partial charge in [-0.15, -0.1) is 0 Å². The van der Waals surface area contributed by atoms with Gasteiger partial charge in [-0.25, -0.2) is 0 Å². The second kappa shape index (κ2) is 13.5. The molecule has 1 saturated carbocycles. The largest absolute Gasteiger partial charge is 0.497 e. The molecule has 0 amide bonds. The third-order valence-corrected chi connectivity index (χ3v) is 11.3. The molecule has 0 spiro atoms. The van der Waals surface area contributed by atoms with Gasteiger partial charge in [-0.1, -0.05) is 86.0 Å². The number of hydrogen-bond donors (Lipinski definition) is 1. The molecule has 3 aromatic rings. The maximum atomic E-state index is 11.5. The van der Waals surface area contributed by atoms with Gasteiger partial charge in [-0.3, -0.25) is 0 Å². The summed E-state index contributed by atoms with van der Waals surface area (Å²) in [5.41, 5.74) is 4.76. The molecule has 2 aliphatic heterocycles. The van der Waals surface area contributed by atoms with Crippen LogP contribution in [0.15, 0.2) is 78.9 Å². The van der Waals surface area contributed by atoms with E-state index in [0.29, 0.717) is 5.41 Å². The molecule has 0 radical (unpaired) electrons.